The lowest BCUT2D eigenvalue weighted by Crippen LogP contribution is -2.51. The SMILES string of the molecule is CC[C@H](C)NC(=O)CN1CCN(Cn2nc3ccccn3c2=O)CC1. The van der Waals surface area contributed by atoms with Gasteiger partial charge in [0.25, 0.3) is 0 Å². The summed E-state index contributed by atoms with van der Waals surface area (Å²) in [5, 5.41) is 7.36. The molecule has 2 aromatic rings. The Morgan fingerprint density at radius 2 is 1.96 bits per heavy atom. The molecule has 0 radical (unpaired) electrons. The number of amides is 1. The van der Waals surface area contributed by atoms with Gasteiger partial charge in [-0.1, -0.05) is 13.0 Å². The predicted molar refractivity (Wildman–Crippen MR) is 95.4 cm³/mol. The molecule has 1 fully saturated rings. The third kappa shape index (κ3) is 4.26. The highest BCUT2D eigenvalue weighted by Crippen LogP contribution is 2.03. The van der Waals surface area contributed by atoms with Crippen molar-refractivity contribution in [3.05, 3.63) is 34.9 Å². The fourth-order valence-electron chi connectivity index (χ4n) is 2.96. The van der Waals surface area contributed by atoms with E-state index in [9.17, 15) is 9.59 Å². The summed E-state index contributed by atoms with van der Waals surface area (Å²) < 4.78 is 3.05. The summed E-state index contributed by atoms with van der Waals surface area (Å²) in [6.07, 6.45) is 2.67. The van der Waals surface area contributed by atoms with E-state index in [1.54, 1.807) is 10.6 Å². The summed E-state index contributed by atoms with van der Waals surface area (Å²) in [4.78, 5) is 28.6. The molecule has 1 amide bonds. The molecule has 8 nitrogen and oxygen atoms in total. The molecular weight excluding hydrogens is 320 g/mol. The van der Waals surface area contributed by atoms with Crippen LogP contribution in [-0.2, 0) is 11.5 Å². The van der Waals surface area contributed by atoms with E-state index in [1.165, 1.54) is 4.68 Å². The van der Waals surface area contributed by atoms with Crippen LogP contribution >= 0.6 is 0 Å². The zero-order chi connectivity index (χ0) is 17.8. The van der Waals surface area contributed by atoms with Crippen LogP contribution < -0.4 is 11.0 Å². The van der Waals surface area contributed by atoms with Crippen molar-refractivity contribution >= 4 is 11.6 Å². The Balaban J connectivity index is 1.51. The van der Waals surface area contributed by atoms with Gasteiger partial charge in [-0.25, -0.2) is 4.79 Å². The summed E-state index contributed by atoms with van der Waals surface area (Å²) in [7, 11) is 0. The monoisotopic (exact) mass is 346 g/mol. The molecule has 0 spiro atoms. The smallest absolute Gasteiger partial charge is 0.351 e. The first-order valence-electron chi connectivity index (χ1n) is 8.85. The topological polar surface area (TPSA) is 74.9 Å². The minimum absolute atomic E-state index is 0.0828. The van der Waals surface area contributed by atoms with Crippen LogP contribution in [0.4, 0.5) is 0 Å². The van der Waals surface area contributed by atoms with Crippen molar-refractivity contribution in [3.63, 3.8) is 0 Å². The zero-order valence-electron chi connectivity index (χ0n) is 14.9. The Kier molecular flexibility index (Phi) is 5.50. The van der Waals surface area contributed by atoms with Crippen LogP contribution in [0.1, 0.15) is 20.3 Å². The van der Waals surface area contributed by atoms with Crippen LogP contribution in [0.15, 0.2) is 29.2 Å². The van der Waals surface area contributed by atoms with Gasteiger partial charge in [-0.3, -0.25) is 19.0 Å². The highest BCUT2D eigenvalue weighted by molar-refractivity contribution is 5.78. The van der Waals surface area contributed by atoms with Gasteiger partial charge in [-0.05, 0) is 25.5 Å². The molecule has 25 heavy (non-hydrogen) atoms. The second-order valence-electron chi connectivity index (χ2n) is 6.62. The Morgan fingerprint density at radius 1 is 1.24 bits per heavy atom. The Hall–Kier alpha value is -2.19. The maximum atomic E-state index is 12.3. The fourth-order valence-corrected chi connectivity index (χ4v) is 2.96. The van der Waals surface area contributed by atoms with Crippen LogP contribution in [-0.4, -0.2) is 68.7 Å². The molecule has 1 N–H and O–H groups in total. The van der Waals surface area contributed by atoms with Crippen molar-refractivity contribution in [2.75, 3.05) is 32.7 Å². The van der Waals surface area contributed by atoms with Crippen molar-refractivity contribution in [3.8, 4) is 0 Å². The highest BCUT2D eigenvalue weighted by atomic mass is 16.2. The van der Waals surface area contributed by atoms with Gasteiger partial charge in [0.1, 0.15) is 0 Å². The first kappa shape index (κ1) is 17.6. The maximum absolute atomic E-state index is 12.3. The molecule has 1 atom stereocenters. The number of nitrogens with zero attached hydrogens (tertiary/aromatic N) is 5. The predicted octanol–water partition coefficient (Wildman–Crippen LogP) is -0.0142. The molecule has 8 heteroatoms. The summed E-state index contributed by atoms with van der Waals surface area (Å²) in [6, 6.07) is 5.74. The van der Waals surface area contributed by atoms with E-state index in [0.29, 0.717) is 18.9 Å². The minimum Gasteiger partial charge on any atom is -0.353 e. The second-order valence-corrected chi connectivity index (χ2v) is 6.62. The molecule has 1 aliphatic rings. The normalized spacial score (nSPS) is 17.7. The molecule has 0 aliphatic carbocycles. The van der Waals surface area contributed by atoms with Crippen LogP contribution in [0, 0.1) is 0 Å². The van der Waals surface area contributed by atoms with Crippen molar-refractivity contribution < 1.29 is 4.79 Å². The van der Waals surface area contributed by atoms with Crippen molar-refractivity contribution in [1.29, 1.82) is 0 Å². The average Bonchev–Trinajstić information content (AvgIpc) is 2.92. The van der Waals surface area contributed by atoms with E-state index in [-0.39, 0.29) is 17.6 Å². The molecule has 3 heterocycles. The van der Waals surface area contributed by atoms with Gasteiger partial charge in [0, 0.05) is 38.4 Å². The number of rotatable bonds is 6. The average molecular weight is 346 g/mol. The first-order chi connectivity index (χ1) is 12.1. The minimum atomic E-state index is -0.119. The number of carbonyl (C=O) groups excluding carboxylic acids is 1. The number of hydrogen-bond donors (Lipinski definition) is 1. The molecule has 0 aromatic carbocycles. The van der Waals surface area contributed by atoms with Gasteiger partial charge in [0.05, 0.1) is 13.2 Å². The zero-order valence-corrected chi connectivity index (χ0v) is 14.9. The summed E-state index contributed by atoms with van der Waals surface area (Å²) in [6.45, 7) is 8.26. The van der Waals surface area contributed by atoms with E-state index in [0.717, 1.165) is 32.6 Å². The van der Waals surface area contributed by atoms with Gasteiger partial charge in [0.2, 0.25) is 5.91 Å². The molecule has 0 unspecified atom stereocenters. The molecular formula is C17H26N6O2. The van der Waals surface area contributed by atoms with Crippen LogP contribution in [0.25, 0.3) is 5.65 Å². The van der Waals surface area contributed by atoms with E-state index < -0.39 is 0 Å². The number of hydrogen-bond acceptors (Lipinski definition) is 5. The third-order valence-electron chi connectivity index (χ3n) is 4.67. The highest BCUT2D eigenvalue weighted by Gasteiger charge is 2.20. The summed E-state index contributed by atoms with van der Waals surface area (Å²) >= 11 is 0. The Labute approximate surface area is 147 Å². The molecule has 1 saturated heterocycles. The van der Waals surface area contributed by atoms with E-state index in [2.05, 4.69) is 27.1 Å². The molecule has 136 valence electrons. The summed E-state index contributed by atoms with van der Waals surface area (Å²) in [5.74, 6) is 0.0828. The van der Waals surface area contributed by atoms with Crippen molar-refractivity contribution in [2.24, 2.45) is 0 Å². The molecule has 2 aromatic heterocycles. The van der Waals surface area contributed by atoms with Crippen LogP contribution in [0.3, 0.4) is 0 Å². The number of pyridine rings is 1. The number of aromatic nitrogens is 3. The molecule has 0 bridgehead atoms. The van der Waals surface area contributed by atoms with Crippen molar-refractivity contribution in [2.45, 2.75) is 33.0 Å². The lowest BCUT2D eigenvalue weighted by Gasteiger charge is -2.34. The Morgan fingerprint density at radius 3 is 2.64 bits per heavy atom. The maximum Gasteiger partial charge on any atom is 0.351 e. The molecule has 0 saturated carbocycles. The largest absolute Gasteiger partial charge is 0.353 e. The van der Waals surface area contributed by atoms with Gasteiger partial charge < -0.3 is 5.32 Å². The lowest BCUT2D eigenvalue weighted by atomic mass is 10.2. The van der Waals surface area contributed by atoms with Crippen LogP contribution in [0.5, 0.6) is 0 Å². The van der Waals surface area contributed by atoms with E-state index >= 15 is 0 Å². The quantitative estimate of drug-likeness (QED) is 0.796. The number of piperazine rings is 1. The van der Waals surface area contributed by atoms with Gasteiger partial charge >= 0.3 is 5.69 Å². The fraction of sp³-hybridized carbons (Fsp3) is 0.588. The van der Waals surface area contributed by atoms with Gasteiger partial charge in [-0.2, -0.15) is 4.68 Å². The Bertz CT molecular complexity index is 775. The standard InChI is InChI=1S/C17H26N6O2/c1-3-14(2)18-16(24)12-20-8-10-21(11-9-20)13-23-17(25)22-7-5-4-6-15(22)19-23/h4-7,14H,3,8-13H2,1-2H3,(H,18,24)/t14-/m0/s1. The van der Waals surface area contributed by atoms with Gasteiger partial charge in [0.15, 0.2) is 5.65 Å². The second kappa shape index (κ2) is 7.79. The molecule has 3 rings (SSSR count). The van der Waals surface area contributed by atoms with Gasteiger partial charge in [-0.15, -0.1) is 5.10 Å². The van der Waals surface area contributed by atoms with Crippen molar-refractivity contribution in [1.82, 2.24) is 29.3 Å². The first-order valence-corrected chi connectivity index (χ1v) is 8.85. The summed E-state index contributed by atoms with van der Waals surface area (Å²) in [5.41, 5.74) is 0.541. The van der Waals surface area contributed by atoms with Crippen LogP contribution in [0.2, 0.25) is 0 Å². The van der Waals surface area contributed by atoms with E-state index in [1.807, 2.05) is 25.1 Å². The molecule has 1 aliphatic heterocycles. The number of nitrogens with one attached hydrogen (secondary N) is 1. The lowest BCUT2D eigenvalue weighted by molar-refractivity contribution is -0.123. The number of fused-ring (bicyclic) bond motifs is 1. The number of carbonyl (C=O) groups is 1. The van der Waals surface area contributed by atoms with E-state index in [4.69, 9.17) is 0 Å². The third-order valence-corrected chi connectivity index (χ3v) is 4.67.